The fourth-order valence-electron chi connectivity index (χ4n) is 2.49. The minimum Gasteiger partial charge on any atom is -0.355 e. The molecule has 1 fully saturated rings. The third kappa shape index (κ3) is 2.08. The van der Waals surface area contributed by atoms with Crippen LogP contribution in [0.15, 0.2) is 11.4 Å². The first-order valence-electron chi connectivity index (χ1n) is 6.31. The lowest BCUT2D eigenvalue weighted by Gasteiger charge is -2.36. The molecule has 18 heavy (non-hydrogen) atoms. The van der Waals surface area contributed by atoms with Gasteiger partial charge < -0.3 is 4.90 Å². The summed E-state index contributed by atoms with van der Waals surface area (Å²) >= 11 is 7.71. The van der Waals surface area contributed by atoms with Gasteiger partial charge in [0.2, 0.25) is 5.28 Å². The van der Waals surface area contributed by atoms with Crippen molar-refractivity contribution in [1.29, 1.82) is 0 Å². The van der Waals surface area contributed by atoms with Crippen LogP contribution < -0.4 is 4.90 Å². The Morgan fingerprint density at radius 3 is 2.94 bits per heavy atom. The van der Waals surface area contributed by atoms with E-state index in [0.717, 1.165) is 35.0 Å². The van der Waals surface area contributed by atoms with E-state index in [2.05, 4.69) is 34.1 Å². The summed E-state index contributed by atoms with van der Waals surface area (Å²) in [7, 11) is 0. The van der Waals surface area contributed by atoms with Gasteiger partial charge in [0, 0.05) is 13.1 Å². The summed E-state index contributed by atoms with van der Waals surface area (Å²) in [5.74, 6) is 2.50. The van der Waals surface area contributed by atoms with Gasteiger partial charge in [0.25, 0.3) is 0 Å². The maximum atomic E-state index is 6.02. The van der Waals surface area contributed by atoms with Crippen molar-refractivity contribution in [2.75, 3.05) is 18.0 Å². The van der Waals surface area contributed by atoms with Crippen LogP contribution in [0.4, 0.5) is 5.82 Å². The lowest BCUT2D eigenvalue weighted by molar-refractivity contribution is 0.323. The SMILES string of the molecule is CC1CCN(c2nc(Cl)nc3ccsc23)CC1C. The summed E-state index contributed by atoms with van der Waals surface area (Å²) in [4.78, 5) is 11.1. The Hall–Kier alpha value is -0.870. The Morgan fingerprint density at radius 1 is 1.33 bits per heavy atom. The first-order chi connectivity index (χ1) is 8.65. The molecule has 2 aromatic heterocycles. The van der Waals surface area contributed by atoms with E-state index >= 15 is 0 Å². The van der Waals surface area contributed by atoms with E-state index in [-0.39, 0.29) is 0 Å². The molecule has 0 N–H and O–H groups in total. The highest BCUT2D eigenvalue weighted by Crippen LogP contribution is 2.33. The zero-order valence-corrected chi connectivity index (χ0v) is 12.1. The molecule has 3 nitrogen and oxygen atoms in total. The molecule has 1 saturated heterocycles. The number of rotatable bonds is 1. The first-order valence-corrected chi connectivity index (χ1v) is 7.56. The van der Waals surface area contributed by atoms with Gasteiger partial charge in [-0.1, -0.05) is 13.8 Å². The quantitative estimate of drug-likeness (QED) is 0.744. The maximum Gasteiger partial charge on any atom is 0.224 e. The number of piperidine rings is 1. The van der Waals surface area contributed by atoms with E-state index in [4.69, 9.17) is 11.6 Å². The van der Waals surface area contributed by atoms with Gasteiger partial charge in [-0.2, -0.15) is 4.98 Å². The largest absolute Gasteiger partial charge is 0.355 e. The Labute approximate surface area is 116 Å². The van der Waals surface area contributed by atoms with E-state index in [1.165, 1.54) is 6.42 Å². The van der Waals surface area contributed by atoms with Crippen molar-refractivity contribution < 1.29 is 0 Å². The molecule has 3 rings (SSSR count). The number of thiophene rings is 1. The van der Waals surface area contributed by atoms with Gasteiger partial charge in [0.05, 0.1) is 10.2 Å². The minimum atomic E-state index is 0.349. The number of fused-ring (bicyclic) bond motifs is 1. The maximum absolute atomic E-state index is 6.02. The third-order valence-corrected chi connectivity index (χ3v) is 4.96. The van der Waals surface area contributed by atoms with E-state index in [9.17, 15) is 0 Å². The van der Waals surface area contributed by atoms with Crippen molar-refractivity contribution in [3.05, 3.63) is 16.7 Å². The van der Waals surface area contributed by atoms with E-state index < -0.39 is 0 Å². The zero-order chi connectivity index (χ0) is 12.7. The smallest absolute Gasteiger partial charge is 0.224 e. The Bertz CT molecular complexity index is 568. The van der Waals surface area contributed by atoms with Crippen molar-refractivity contribution in [1.82, 2.24) is 9.97 Å². The number of hydrogen-bond acceptors (Lipinski definition) is 4. The molecule has 0 saturated carbocycles. The van der Waals surface area contributed by atoms with Crippen molar-refractivity contribution in [2.24, 2.45) is 11.8 Å². The molecule has 5 heteroatoms. The number of halogens is 1. The number of hydrogen-bond donors (Lipinski definition) is 0. The Kier molecular flexibility index (Phi) is 3.16. The van der Waals surface area contributed by atoms with Crippen molar-refractivity contribution in [2.45, 2.75) is 20.3 Å². The molecule has 2 unspecified atom stereocenters. The molecule has 0 amide bonds. The monoisotopic (exact) mass is 281 g/mol. The topological polar surface area (TPSA) is 29.0 Å². The second kappa shape index (κ2) is 4.67. The summed E-state index contributed by atoms with van der Waals surface area (Å²) in [6.07, 6.45) is 1.22. The third-order valence-electron chi connectivity index (χ3n) is 3.89. The molecule has 96 valence electrons. The van der Waals surface area contributed by atoms with Crippen LogP contribution in [0.3, 0.4) is 0 Å². The molecule has 3 heterocycles. The number of aromatic nitrogens is 2. The molecule has 0 aromatic carbocycles. The fourth-order valence-corrected chi connectivity index (χ4v) is 3.51. The van der Waals surface area contributed by atoms with Crippen LogP contribution in [-0.2, 0) is 0 Å². The van der Waals surface area contributed by atoms with Crippen molar-refractivity contribution >= 4 is 39.0 Å². The van der Waals surface area contributed by atoms with Crippen LogP contribution in [0.25, 0.3) is 10.2 Å². The van der Waals surface area contributed by atoms with Gasteiger partial charge in [0.15, 0.2) is 5.82 Å². The lowest BCUT2D eigenvalue weighted by Crippen LogP contribution is -2.38. The Balaban J connectivity index is 2.01. The van der Waals surface area contributed by atoms with Crippen molar-refractivity contribution in [3.63, 3.8) is 0 Å². The van der Waals surface area contributed by atoms with Gasteiger partial charge >= 0.3 is 0 Å². The molecule has 2 aromatic rings. The average molecular weight is 282 g/mol. The number of nitrogens with zero attached hydrogens (tertiary/aromatic N) is 3. The summed E-state index contributed by atoms with van der Waals surface area (Å²) in [5, 5.41) is 2.40. The second-order valence-corrected chi connectivity index (χ2v) is 6.39. The molecule has 0 aliphatic carbocycles. The van der Waals surface area contributed by atoms with Gasteiger partial charge in [-0.3, -0.25) is 0 Å². The second-order valence-electron chi connectivity index (χ2n) is 5.14. The average Bonchev–Trinajstić information content (AvgIpc) is 2.79. The van der Waals surface area contributed by atoms with Crippen LogP contribution in [0.2, 0.25) is 5.28 Å². The van der Waals surface area contributed by atoms with Crippen LogP contribution in [-0.4, -0.2) is 23.1 Å². The molecule has 1 aliphatic heterocycles. The van der Waals surface area contributed by atoms with Gasteiger partial charge in [0.1, 0.15) is 0 Å². The predicted octanol–water partition coefficient (Wildman–Crippen LogP) is 3.83. The molecule has 0 radical (unpaired) electrons. The van der Waals surface area contributed by atoms with E-state index in [1.54, 1.807) is 11.3 Å². The van der Waals surface area contributed by atoms with Crippen LogP contribution >= 0.6 is 22.9 Å². The molecule has 0 spiro atoms. The zero-order valence-electron chi connectivity index (χ0n) is 10.6. The fraction of sp³-hybridized carbons (Fsp3) is 0.538. The normalized spacial score (nSPS) is 24.7. The van der Waals surface area contributed by atoms with Crippen LogP contribution in [0.5, 0.6) is 0 Å². The summed E-state index contributed by atoms with van der Waals surface area (Å²) < 4.78 is 1.15. The van der Waals surface area contributed by atoms with E-state index in [0.29, 0.717) is 11.2 Å². The van der Waals surface area contributed by atoms with Crippen LogP contribution in [0, 0.1) is 11.8 Å². The molecule has 0 bridgehead atoms. The van der Waals surface area contributed by atoms with Gasteiger partial charge in [-0.25, -0.2) is 4.98 Å². The molecular formula is C13H16ClN3S. The molecular weight excluding hydrogens is 266 g/mol. The molecule has 1 aliphatic rings. The summed E-state index contributed by atoms with van der Waals surface area (Å²) in [6.45, 7) is 6.76. The highest BCUT2D eigenvalue weighted by molar-refractivity contribution is 7.17. The Morgan fingerprint density at radius 2 is 2.17 bits per heavy atom. The van der Waals surface area contributed by atoms with Gasteiger partial charge in [-0.15, -0.1) is 11.3 Å². The highest BCUT2D eigenvalue weighted by Gasteiger charge is 2.25. The molecule has 2 atom stereocenters. The standard InChI is InChI=1S/C13H16ClN3S/c1-8-3-5-17(7-9(8)2)12-11-10(4-6-18-11)15-13(14)16-12/h4,6,8-9H,3,5,7H2,1-2H3. The summed E-state index contributed by atoms with van der Waals surface area (Å²) in [6, 6.07) is 2.01. The van der Waals surface area contributed by atoms with Crippen molar-refractivity contribution in [3.8, 4) is 0 Å². The number of anilines is 1. The first kappa shape index (κ1) is 12.2. The lowest BCUT2D eigenvalue weighted by atomic mass is 9.89. The predicted molar refractivity (Wildman–Crippen MR) is 77.6 cm³/mol. The van der Waals surface area contributed by atoms with Gasteiger partial charge in [-0.05, 0) is 41.3 Å². The minimum absolute atomic E-state index is 0.349. The van der Waals surface area contributed by atoms with E-state index in [1.807, 2.05) is 6.07 Å². The summed E-state index contributed by atoms with van der Waals surface area (Å²) in [5.41, 5.74) is 0.960. The van der Waals surface area contributed by atoms with Crippen LogP contribution in [0.1, 0.15) is 20.3 Å². The highest BCUT2D eigenvalue weighted by atomic mass is 35.5.